The van der Waals surface area contributed by atoms with Crippen molar-refractivity contribution in [1.82, 2.24) is 8.61 Å². The molecule has 12 rings (SSSR count). The average molecular weight is 1640 g/mol. The Morgan fingerprint density at radius 1 is 0.386 bits per heavy atom. The average Bonchev–Trinajstić information content (AvgIpc) is 0.779. The van der Waals surface area contributed by atoms with E-state index < -0.39 is 79.4 Å². The number of sulfonamides is 2. The summed E-state index contributed by atoms with van der Waals surface area (Å²) in [7, 11) is -8.02. The number of carboxylic acids is 4. The zero-order valence-corrected chi connectivity index (χ0v) is 72.7. The van der Waals surface area contributed by atoms with Crippen molar-refractivity contribution in [3.05, 3.63) is 238 Å². The second kappa shape index (κ2) is 42.4. The van der Waals surface area contributed by atoms with Crippen LogP contribution in [0.4, 0.5) is 34.1 Å². The van der Waals surface area contributed by atoms with Gasteiger partial charge in [-0.25, -0.2) is 16.8 Å². The molecule has 8 aromatic rings. The number of hydrogen-bond acceptors (Lipinski definition) is 16. The molecule has 2 saturated heterocycles. The Balaban J connectivity index is 0.000000257. The molecule has 2 aliphatic heterocycles. The van der Waals surface area contributed by atoms with Crippen LogP contribution >= 0.6 is 0 Å². The maximum Gasteiger partial charge on any atom is 1.00 e. The van der Waals surface area contributed by atoms with E-state index in [0.717, 1.165) is 98.3 Å². The summed E-state index contributed by atoms with van der Waals surface area (Å²) in [5.74, 6) is -7.15. The van der Waals surface area contributed by atoms with Crippen molar-refractivity contribution >= 4 is 102 Å². The number of rotatable bonds is 28. The van der Waals surface area contributed by atoms with Crippen LogP contribution in [-0.4, -0.2) is 135 Å². The molecule has 28 heteroatoms. The first-order chi connectivity index (χ1) is 53.8. The van der Waals surface area contributed by atoms with Gasteiger partial charge in [-0.1, -0.05) is 98.8 Å². The molecule has 6 N–H and O–H groups in total. The smallest absolute Gasteiger partial charge is 0.545 e. The van der Waals surface area contributed by atoms with Gasteiger partial charge in [-0.2, -0.15) is 8.61 Å². The maximum absolute atomic E-state index is 14.0. The molecule has 8 aromatic carbocycles. The minimum absolute atomic E-state index is 0. The van der Waals surface area contributed by atoms with Crippen LogP contribution in [0.1, 0.15) is 188 Å². The van der Waals surface area contributed by atoms with E-state index in [1.165, 1.54) is 81.4 Å². The summed E-state index contributed by atoms with van der Waals surface area (Å²) in [6.45, 7) is 7.29. The van der Waals surface area contributed by atoms with Crippen molar-refractivity contribution in [1.29, 1.82) is 0 Å². The molecule has 4 aliphatic rings. The molecule has 0 bridgehead atoms. The first kappa shape index (κ1) is 90.1. The number of benzene rings is 8. The molecule has 0 atom stereocenters. The quantitative estimate of drug-likeness (QED) is 0.0307. The molecule has 0 spiro atoms. The molecule has 2 heterocycles. The van der Waals surface area contributed by atoms with E-state index >= 15 is 0 Å². The Labute approximate surface area is 751 Å². The summed E-state index contributed by atoms with van der Waals surface area (Å²) >= 11 is 0. The third-order valence-corrected chi connectivity index (χ3v) is 25.6. The molecule has 114 heavy (non-hydrogen) atoms. The van der Waals surface area contributed by atoms with Gasteiger partial charge < -0.3 is 61.1 Å². The summed E-state index contributed by atoms with van der Waals surface area (Å²) in [6.07, 6.45) is 12.4. The molecule has 0 aromatic heterocycles. The zero-order valence-electron chi connectivity index (χ0n) is 64.8. The van der Waals surface area contributed by atoms with Gasteiger partial charge >= 0.3 is 115 Å². The van der Waals surface area contributed by atoms with Crippen LogP contribution < -0.4 is 144 Å². The van der Waals surface area contributed by atoms with Crippen molar-refractivity contribution < 1.29 is 178 Å². The normalized spacial score (nSPS) is 17.0. The predicted molar refractivity (Wildman–Crippen MR) is 425 cm³/mol. The minimum Gasteiger partial charge on any atom is -0.545 e. The van der Waals surface area contributed by atoms with E-state index in [1.807, 2.05) is 48.5 Å². The van der Waals surface area contributed by atoms with Crippen LogP contribution in [0.5, 0.6) is 0 Å². The molecule has 0 radical (unpaired) electrons. The fourth-order valence-electron chi connectivity index (χ4n) is 15.3. The van der Waals surface area contributed by atoms with Gasteiger partial charge in [-0.3, -0.25) is 28.8 Å². The van der Waals surface area contributed by atoms with Gasteiger partial charge in [-0.15, -0.1) is 0 Å². The number of anilines is 6. The molecule has 2 saturated carbocycles. The van der Waals surface area contributed by atoms with Gasteiger partial charge in [0.15, 0.2) is 0 Å². The Hall–Kier alpha value is -7.79. The first-order valence-corrected chi connectivity index (χ1v) is 41.2. The van der Waals surface area contributed by atoms with Gasteiger partial charge in [-0.05, 0) is 246 Å². The number of piperidine rings is 2. The molecule has 4 fully saturated rings. The number of carbonyl (C=O) groups is 8. The molecule has 24 nitrogen and oxygen atoms in total. The van der Waals surface area contributed by atoms with Gasteiger partial charge in [0.25, 0.3) is 23.6 Å². The molecule has 4 amide bonds. The van der Waals surface area contributed by atoms with Gasteiger partial charge in [0, 0.05) is 85.2 Å². The van der Waals surface area contributed by atoms with Crippen molar-refractivity contribution in [3.8, 4) is 0 Å². The summed E-state index contributed by atoms with van der Waals surface area (Å²) < 4.78 is 58.3. The zero-order chi connectivity index (χ0) is 79.6. The Kier molecular flexibility index (Phi) is 33.5. The molecule has 588 valence electrons. The van der Waals surface area contributed by atoms with Crippen molar-refractivity contribution in [3.63, 3.8) is 0 Å². The molecule has 2 aliphatic carbocycles. The number of hydrogen-bond donors (Lipinski definition) is 6. The fourth-order valence-corrected chi connectivity index (χ4v) is 18.8. The SMILES string of the molecule is CCN(C1CCC(C(=O)O)CC1)S(=O)(=O)c1cccc(C(=O)Nc2ccc(N3CCCCC3)cc2C(=O)Nc2cccc(CCc3ccc(C(=O)[O-])cc3)c2)c1.CCN(C1CCC(C(=O)O)CC1)S(=O)(=O)c1cccc(C(=O)Nc2ccc(N3CCCCC3)cc2C(=O)Nc2cccc(CCc3ccc(C(=O)[O-])cc3)c2)c1.[K+].[K+]. The summed E-state index contributed by atoms with van der Waals surface area (Å²) in [5.41, 5.74) is 8.17. The minimum atomic E-state index is -4.01. The summed E-state index contributed by atoms with van der Waals surface area (Å²) in [5, 5.41) is 52.7. The number of carbonyl (C=O) groups excluding carboxylic acids is 6. The van der Waals surface area contributed by atoms with Gasteiger partial charge in [0.1, 0.15) is 0 Å². The first-order valence-electron chi connectivity index (χ1n) is 38.4. The molecule has 0 unspecified atom stereocenters. The van der Waals surface area contributed by atoms with E-state index in [0.29, 0.717) is 88.4 Å². The van der Waals surface area contributed by atoms with Crippen LogP contribution in [-0.2, 0) is 55.3 Å². The number of nitrogens with zero attached hydrogens (tertiary/aromatic N) is 4. The van der Waals surface area contributed by atoms with Crippen LogP contribution in [0.25, 0.3) is 0 Å². The molecular formula is C86H94K2N8O16S2. The van der Waals surface area contributed by atoms with E-state index in [1.54, 1.807) is 74.5 Å². The Morgan fingerprint density at radius 2 is 0.728 bits per heavy atom. The largest absolute Gasteiger partial charge is 1.00 e. The second-order valence-corrected chi connectivity index (χ2v) is 32.7. The van der Waals surface area contributed by atoms with E-state index in [4.69, 9.17) is 0 Å². The Bertz CT molecular complexity index is 4680. The van der Waals surface area contributed by atoms with Crippen LogP contribution in [0.3, 0.4) is 0 Å². The monoisotopic (exact) mass is 1640 g/mol. The number of amides is 4. The number of aryl methyl sites for hydroxylation is 4. The standard InChI is InChI=1S/2C43H48N4O8S.2K/c2*1-2-47(35-20-18-32(19-21-35)43(52)53)56(54,55)37-11-7-9-33(27-37)40(48)45-39-23-22-36(46-24-4-3-5-25-46)28-38(39)41(49)44-34-10-6-8-30(26-34)13-12-29-14-16-31(17-15-29)42(50)51;;/h2*6-11,14-17,22-23,26-28,32,35H,2-5,12-13,18-21,24-25H2,1H3,(H,44,49)(H,45,48)(H,50,51)(H,52,53);;/q;;2*+1/p-2. The topological polar surface area (TPSA) is 352 Å². The summed E-state index contributed by atoms with van der Waals surface area (Å²) in [6, 6.07) is 49.7. The predicted octanol–water partition coefficient (Wildman–Crippen LogP) is 5.98. The van der Waals surface area contributed by atoms with Crippen molar-refractivity contribution in [2.45, 2.75) is 151 Å². The number of nitrogens with one attached hydrogen (secondary N) is 4. The van der Waals surface area contributed by atoms with E-state index in [2.05, 4.69) is 31.1 Å². The Morgan fingerprint density at radius 3 is 1.06 bits per heavy atom. The fraction of sp³-hybridized carbons (Fsp3) is 0.349. The molecular weight excluding hydrogens is 1540 g/mol. The number of carboxylic acid groups (broad SMARTS) is 4. The van der Waals surface area contributed by atoms with Crippen molar-refractivity contribution in [2.75, 3.05) is 70.3 Å². The van der Waals surface area contributed by atoms with E-state index in [9.17, 15) is 75.6 Å². The van der Waals surface area contributed by atoms with Crippen molar-refractivity contribution in [2.24, 2.45) is 11.8 Å². The van der Waals surface area contributed by atoms with E-state index in [-0.39, 0.29) is 182 Å². The number of aromatic carboxylic acids is 2. The third kappa shape index (κ3) is 23.7. The van der Waals surface area contributed by atoms with Gasteiger partial charge in [0.2, 0.25) is 20.0 Å². The summed E-state index contributed by atoms with van der Waals surface area (Å²) in [4.78, 5) is 105. The third-order valence-electron chi connectivity index (χ3n) is 21.5. The second-order valence-electron chi connectivity index (χ2n) is 28.9. The van der Waals surface area contributed by atoms with Crippen LogP contribution in [0, 0.1) is 11.8 Å². The van der Waals surface area contributed by atoms with Crippen LogP contribution in [0.15, 0.2) is 192 Å². The number of aliphatic carboxylic acids is 2. The maximum atomic E-state index is 14.0. The van der Waals surface area contributed by atoms with Crippen LogP contribution in [0.2, 0.25) is 0 Å². The van der Waals surface area contributed by atoms with Gasteiger partial charge in [0.05, 0.1) is 56.1 Å².